The molecular formula is C12H12N4O2. The molecule has 1 aliphatic heterocycles. The summed E-state index contributed by atoms with van der Waals surface area (Å²) in [6.07, 6.45) is 0.538. The highest BCUT2D eigenvalue weighted by Crippen LogP contribution is 2.29. The van der Waals surface area contributed by atoms with E-state index in [0.717, 1.165) is 5.56 Å². The maximum absolute atomic E-state index is 11.8. The summed E-state index contributed by atoms with van der Waals surface area (Å²) in [5, 5.41) is 3.40. The van der Waals surface area contributed by atoms with E-state index in [0.29, 0.717) is 30.8 Å². The van der Waals surface area contributed by atoms with Crippen LogP contribution in [0.3, 0.4) is 0 Å². The van der Waals surface area contributed by atoms with Crippen LogP contribution < -0.4 is 4.90 Å². The average Bonchev–Trinajstić information content (AvgIpc) is 2.59. The number of hydrogen-bond donors (Lipinski definition) is 0. The molecule has 0 N–H and O–H groups in total. The van der Waals surface area contributed by atoms with Gasteiger partial charge in [0.05, 0.1) is 11.3 Å². The van der Waals surface area contributed by atoms with Gasteiger partial charge in [0.2, 0.25) is 0 Å². The van der Waals surface area contributed by atoms with Gasteiger partial charge in [0, 0.05) is 18.0 Å². The smallest absolute Gasteiger partial charge is 0.299 e. The third-order valence-electron chi connectivity index (χ3n) is 2.83. The van der Waals surface area contributed by atoms with E-state index < -0.39 is 11.7 Å². The molecule has 6 heteroatoms. The van der Waals surface area contributed by atoms with Crippen molar-refractivity contribution in [3.05, 3.63) is 39.8 Å². The normalized spacial score (nSPS) is 13.5. The average molecular weight is 244 g/mol. The summed E-state index contributed by atoms with van der Waals surface area (Å²) in [6, 6.07) is 5.37. The van der Waals surface area contributed by atoms with Crippen molar-refractivity contribution >= 4 is 17.4 Å². The maximum atomic E-state index is 11.8. The molecule has 1 amide bonds. The number of rotatable bonds is 4. The van der Waals surface area contributed by atoms with Crippen LogP contribution in [-0.4, -0.2) is 24.8 Å². The molecule has 0 atom stereocenters. The predicted molar refractivity (Wildman–Crippen MR) is 66.5 cm³/mol. The van der Waals surface area contributed by atoms with E-state index in [2.05, 4.69) is 10.0 Å². The van der Waals surface area contributed by atoms with Gasteiger partial charge < -0.3 is 4.90 Å². The Bertz CT molecular complexity index is 561. The number of aryl methyl sites for hydroxylation is 1. The van der Waals surface area contributed by atoms with Crippen LogP contribution in [0.4, 0.5) is 5.69 Å². The number of nitrogens with zero attached hydrogens (tertiary/aromatic N) is 4. The molecule has 0 radical (unpaired) electrons. The van der Waals surface area contributed by atoms with Gasteiger partial charge >= 0.3 is 0 Å². The number of anilines is 1. The van der Waals surface area contributed by atoms with Crippen LogP contribution in [0.1, 0.15) is 22.3 Å². The van der Waals surface area contributed by atoms with Gasteiger partial charge in [-0.15, -0.1) is 0 Å². The monoisotopic (exact) mass is 244 g/mol. The van der Waals surface area contributed by atoms with Gasteiger partial charge in [0.1, 0.15) is 0 Å². The van der Waals surface area contributed by atoms with Crippen molar-refractivity contribution in [3.63, 3.8) is 0 Å². The van der Waals surface area contributed by atoms with Crippen LogP contribution in [0, 0.1) is 6.92 Å². The Morgan fingerprint density at radius 3 is 2.89 bits per heavy atom. The zero-order valence-electron chi connectivity index (χ0n) is 9.96. The molecule has 18 heavy (non-hydrogen) atoms. The van der Waals surface area contributed by atoms with Crippen LogP contribution in [0.5, 0.6) is 0 Å². The molecule has 0 spiro atoms. The molecular weight excluding hydrogens is 232 g/mol. The number of carbonyl (C=O) groups is 2. The van der Waals surface area contributed by atoms with E-state index in [1.807, 2.05) is 13.0 Å². The standard InChI is InChI=1S/C12H12N4O2/c1-8-3-4-10-9(7-8)11(17)12(18)16(10)6-2-5-14-15-13/h3-4,7H,2,5-6H2,1H3. The Hall–Kier alpha value is -2.33. The van der Waals surface area contributed by atoms with Gasteiger partial charge in [0.25, 0.3) is 11.7 Å². The first-order chi connectivity index (χ1) is 8.65. The zero-order valence-corrected chi connectivity index (χ0v) is 9.96. The second kappa shape index (κ2) is 4.89. The van der Waals surface area contributed by atoms with Crippen LogP contribution in [0.25, 0.3) is 10.4 Å². The first-order valence-corrected chi connectivity index (χ1v) is 5.63. The first kappa shape index (κ1) is 12.1. The predicted octanol–water partition coefficient (Wildman–Crippen LogP) is 2.22. The third-order valence-corrected chi connectivity index (χ3v) is 2.83. The van der Waals surface area contributed by atoms with Crippen LogP contribution in [0.15, 0.2) is 23.3 Å². The summed E-state index contributed by atoms with van der Waals surface area (Å²) < 4.78 is 0. The maximum Gasteiger partial charge on any atom is 0.299 e. The van der Waals surface area contributed by atoms with Gasteiger partial charge in [-0.25, -0.2) is 0 Å². The van der Waals surface area contributed by atoms with Crippen LogP contribution in [0.2, 0.25) is 0 Å². The van der Waals surface area contributed by atoms with Gasteiger partial charge in [-0.3, -0.25) is 9.59 Å². The molecule has 1 heterocycles. The molecule has 0 aromatic heterocycles. The van der Waals surface area contributed by atoms with Gasteiger partial charge in [-0.2, -0.15) is 0 Å². The van der Waals surface area contributed by atoms with Crippen LogP contribution >= 0.6 is 0 Å². The highest BCUT2D eigenvalue weighted by molar-refractivity contribution is 6.52. The van der Waals surface area contributed by atoms with Crippen molar-refractivity contribution in [2.45, 2.75) is 13.3 Å². The number of hydrogen-bond acceptors (Lipinski definition) is 3. The summed E-state index contributed by atoms with van der Waals surface area (Å²) in [5.74, 6) is -0.964. The molecule has 1 aliphatic rings. The molecule has 0 fully saturated rings. The first-order valence-electron chi connectivity index (χ1n) is 5.63. The number of ketones is 1. The topological polar surface area (TPSA) is 86.1 Å². The fourth-order valence-corrected chi connectivity index (χ4v) is 1.98. The lowest BCUT2D eigenvalue weighted by atomic mass is 10.1. The van der Waals surface area contributed by atoms with E-state index in [9.17, 15) is 9.59 Å². The SMILES string of the molecule is Cc1ccc2c(c1)C(=O)C(=O)N2CCCN=[N+]=[N-]. The highest BCUT2D eigenvalue weighted by atomic mass is 16.2. The molecule has 0 bridgehead atoms. The molecule has 1 aromatic rings. The van der Waals surface area contributed by atoms with E-state index in [4.69, 9.17) is 5.53 Å². The lowest BCUT2D eigenvalue weighted by Crippen LogP contribution is -2.30. The van der Waals surface area contributed by atoms with E-state index in [1.54, 1.807) is 12.1 Å². The van der Waals surface area contributed by atoms with Crippen LogP contribution in [-0.2, 0) is 4.79 Å². The number of amides is 1. The molecule has 2 rings (SSSR count). The Labute approximate surface area is 104 Å². The van der Waals surface area contributed by atoms with E-state index >= 15 is 0 Å². The molecule has 0 aliphatic carbocycles. The summed E-state index contributed by atoms with van der Waals surface area (Å²) in [4.78, 5) is 27.7. The number of Topliss-reactive ketones (excluding diaryl/α,β-unsaturated/α-hetero) is 1. The Kier molecular flexibility index (Phi) is 3.30. The van der Waals surface area contributed by atoms with Gasteiger partial charge in [-0.05, 0) is 31.0 Å². The summed E-state index contributed by atoms with van der Waals surface area (Å²) in [5.41, 5.74) is 10.2. The van der Waals surface area contributed by atoms with Gasteiger partial charge in [0.15, 0.2) is 0 Å². The number of azide groups is 1. The van der Waals surface area contributed by atoms with Crippen molar-refractivity contribution in [2.75, 3.05) is 18.0 Å². The van der Waals surface area contributed by atoms with Crippen molar-refractivity contribution in [2.24, 2.45) is 5.11 Å². The summed E-state index contributed by atoms with van der Waals surface area (Å²) in [7, 11) is 0. The van der Waals surface area contributed by atoms with Crippen molar-refractivity contribution in [1.82, 2.24) is 0 Å². The number of benzene rings is 1. The van der Waals surface area contributed by atoms with Crippen molar-refractivity contribution in [1.29, 1.82) is 0 Å². The lowest BCUT2D eigenvalue weighted by Gasteiger charge is -2.15. The largest absolute Gasteiger partial charge is 0.305 e. The Balaban J connectivity index is 2.20. The van der Waals surface area contributed by atoms with E-state index in [1.165, 1.54) is 4.90 Å². The second-order valence-corrected chi connectivity index (χ2v) is 4.11. The Morgan fingerprint density at radius 1 is 1.39 bits per heavy atom. The molecule has 0 saturated carbocycles. The van der Waals surface area contributed by atoms with Crippen molar-refractivity contribution < 1.29 is 9.59 Å². The minimum absolute atomic E-state index is 0.315. The molecule has 0 unspecified atom stereocenters. The second-order valence-electron chi connectivity index (χ2n) is 4.11. The minimum atomic E-state index is -0.503. The number of carbonyl (C=O) groups excluding carboxylic acids is 2. The molecule has 0 saturated heterocycles. The Morgan fingerprint density at radius 2 is 2.17 bits per heavy atom. The fraction of sp³-hybridized carbons (Fsp3) is 0.333. The van der Waals surface area contributed by atoms with Gasteiger partial charge in [-0.1, -0.05) is 16.7 Å². The molecule has 6 nitrogen and oxygen atoms in total. The number of fused-ring (bicyclic) bond motifs is 1. The summed E-state index contributed by atoms with van der Waals surface area (Å²) in [6.45, 7) is 2.58. The fourth-order valence-electron chi connectivity index (χ4n) is 1.98. The zero-order chi connectivity index (χ0) is 13.1. The lowest BCUT2D eigenvalue weighted by molar-refractivity contribution is -0.114. The third kappa shape index (κ3) is 2.06. The molecule has 1 aromatic carbocycles. The minimum Gasteiger partial charge on any atom is -0.305 e. The summed E-state index contributed by atoms with van der Waals surface area (Å²) >= 11 is 0. The van der Waals surface area contributed by atoms with E-state index in [-0.39, 0.29) is 0 Å². The van der Waals surface area contributed by atoms with Crippen molar-refractivity contribution in [3.8, 4) is 0 Å². The highest BCUT2D eigenvalue weighted by Gasteiger charge is 2.35. The quantitative estimate of drug-likeness (QED) is 0.267. The molecule has 92 valence electrons.